The first-order chi connectivity index (χ1) is 12.1. The molecule has 1 aliphatic carbocycles. The fourth-order valence-electron chi connectivity index (χ4n) is 3.77. The van der Waals surface area contributed by atoms with Crippen LogP contribution in [-0.2, 0) is 9.59 Å². The maximum absolute atomic E-state index is 12.4. The molecular formula is C21H28N2O2. The van der Waals surface area contributed by atoms with Gasteiger partial charge in [0.05, 0.1) is 0 Å². The van der Waals surface area contributed by atoms with Crippen LogP contribution >= 0.6 is 0 Å². The molecule has 0 saturated carbocycles. The van der Waals surface area contributed by atoms with Crippen LogP contribution in [0.4, 0.5) is 5.69 Å². The summed E-state index contributed by atoms with van der Waals surface area (Å²) in [5.74, 6) is 0.873. The maximum atomic E-state index is 12.4. The fourth-order valence-corrected chi connectivity index (χ4v) is 3.77. The average Bonchev–Trinajstić information content (AvgIpc) is 3.14. The SMILES string of the molecule is Cc1cccc(NC(=O)CCC2CCN(C(=O)C3=CCCC3)CC2)c1. The summed E-state index contributed by atoms with van der Waals surface area (Å²) in [6.07, 6.45) is 8.69. The highest BCUT2D eigenvalue weighted by molar-refractivity contribution is 5.94. The number of carbonyl (C=O) groups is 2. The number of hydrogen-bond acceptors (Lipinski definition) is 2. The first-order valence-electron chi connectivity index (χ1n) is 9.46. The van der Waals surface area contributed by atoms with Gasteiger partial charge in [0.2, 0.25) is 11.8 Å². The van der Waals surface area contributed by atoms with Crippen molar-refractivity contribution in [3.63, 3.8) is 0 Å². The third-order valence-electron chi connectivity index (χ3n) is 5.30. The molecule has 1 saturated heterocycles. The van der Waals surface area contributed by atoms with Crippen molar-refractivity contribution >= 4 is 17.5 Å². The fraction of sp³-hybridized carbons (Fsp3) is 0.524. The van der Waals surface area contributed by atoms with E-state index in [1.807, 2.05) is 36.1 Å². The van der Waals surface area contributed by atoms with E-state index in [2.05, 4.69) is 11.4 Å². The normalized spacial score (nSPS) is 18.1. The van der Waals surface area contributed by atoms with Gasteiger partial charge in [0.15, 0.2) is 0 Å². The van der Waals surface area contributed by atoms with Crippen molar-refractivity contribution in [1.29, 1.82) is 0 Å². The zero-order chi connectivity index (χ0) is 17.6. The average molecular weight is 340 g/mol. The Bertz CT molecular complexity index is 658. The number of hydrogen-bond donors (Lipinski definition) is 1. The van der Waals surface area contributed by atoms with E-state index in [1.165, 1.54) is 0 Å². The Morgan fingerprint density at radius 3 is 2.72 bits per heavy atom. The summed E-state index contributed by atoms with van der Waals surface area (Å²) in [6, 6.07) is 7.89. The first kappa shape index (κ1) is 17.7. The number of nitrogens with zero attached hydrogens (tertiary/aromatic N) is 1. The van der Waals surface area contributed by atoms with E-state index < -0.39 is 0 Å². The van der Waals surface area contributed by atoms with Crippen LogP contribution in [0.2, 0.25) is 0 Å². The van der Waals surface area contributed by atoms with E-state index in [9.17, 15) is 9.59 Å². The molecule has 1 heterocycles. The molecule has 1 aromatic rings. The Morgan fingerprint density at radius 1 is 1.24 bits per heavy atom. The van der Waals surface area contributed by atoms with Gasteiger partial charge in [0.25, 0.3) is 0 Å². The minimum absolute atomic E-state index is 0.0835. The summed E-state index contributed by atoms with van der Waals surface area (Å²) in [5, 5.41) is 2.98. The molecule has 4 nitrogen and oxygen atoms in total. The molecule has 1 aromatic carbocycles. The molecule has 0 spiro atoms. The van der Waals surface area contributed by atoms with Crippen LogP contribution in [-0.4, -0.2) is 29.8 Å². The maximum Gasteiger partial charge on any atom is 0.249 e. The second-order valence-corrected chi connectivity index (χ2v) is 7.31. The summed E-state index contributed by atoms with van der Waals surface area (Å²) >= 11 is 0. The second kappa shape index (κ2) is 8.32. The Hall–Kier alpha value is -2.10. The van der Waals surface area contributed by atoms with Crippen molar-refractivity contribution in [1.82, 2.24) is 4.90 Å². The number of aryl methyl sites for hydroxylation is 1. The molecule has 2 aliphatic rings. The zero-order valence-electron chi connectivity index (χ0n) is 15.1. The number of allylic oxidation sites excluding steroid dienone is 1. The number of carbonyl (C=O) groups excluding carboxylic acids is 2. The molecule has 3 rings (SSSR count). The Labute approximate surface area is 150 Å². The molecular weight excluding hydrogens is 312 g/mol. The summed E-state index contributed by atoms with van der Waals surface area (Å²) in [6.45, 7) is 3.69. The highest BCUT2D eigenvalue weighted by Gasteiger charge is 2.25. The van der Waals surface area contributed by atoms with Crippen molar-refractivity contribution in [2.75, 3.05) is 18.4 Å². The monoisotopic (exact) mass is 340 g/mol. The number of benzene rings is 1. The minimum atomic E-state index is 0.0835. The molecule has 0 aromatic heterocycles. The van der Waals surface area contributed by atoms with Gasteiger partial charge < -0.3 is 10.2 Å². The van der Waals surface area contributed by atoms with Gasteiger partial charge in [-0.15, -0.1) is 0 Å². The number of piperidine rings is 1. The predicted octanol–water partition coefficient (Wildman–Crippen LogP) is 4.06. The van der Waals surface area contributed by atoms with Crippen molar-refractivity contribution < 1.29 is 9.59 Å². The van der Waals surface area contributed by atoms with Crippen LogP contribution in [0, 0.1) is 12.8 Å². The third-order valence-corrected chi connectivity index (χ3v) is 5.30. The molecule has 0 atom stereocenters. The molecule has 1 aliphatic heterocycles. The molecule has 2 amide bonds. The van der Waals surface area contributed by atoms with E-state index in [0.29, 0.717) is 12.3 Å². The van der Waals surface area contributed by atoms with Gasteiger partial charge in [0.1, 0.15) is 0 Å². The highest BCUT2D eigenvalue weighted by atomic mass is 16.2. The van der Waals surface area contributed by atoms with E-state index in [4.69, 9.17) is 0 Å². The van der Waals surface area contributed by atoms with Crippen molar-refractivity contribution in [3.05, 3.63) is 41.5 Å². The quantitative estimate of drug-likeness (QED) is 0.878. The van der Waals surface area contributed by atoms with Gasteiger partial charge in [-0.05, 0) is 69.1 Å². The van der Waals surface area contributed by atoms with Crippen LogP contribution < -0.4 is 5.32 Å². The number of rotatable bonds is 5. The van der Waals surface area contributed by atoms with Crippen LogP contribution in [0.15, 0.2) is 35.9 Å². The van der Waals surface area contributed by atoms with Gasteiger partial charge in [-0.1, -0.05) is 18.2 Å². The van der Waals surface area contributed by atoms with E-state index in [1.54, 1.807) is 0 Å². The van der Waals surface area contributed by atoms with Crippen LogP contribution in [0.3, 0.4) is 0 Å². The summed E-state index contributed by atoms with van der Waals surface area (Å²) in [7, 11) is 0. The lowest BCUT2D eigenvalue weighted by Crippen LogP contribution is -2.39. The van der Waals surface area contributed by atoms with Crippen molar-refractivity contribution in [3.8, 4) is 0 Å². The molecule has 1 N–H and O–H groups in total. The molecule has 4 heteroatoms. The van der Waals surface area contributed by atoms with Crippen LogP contribution in [0.5, 0.6) is 0 Å². The summed E-state index contributed by atoms with van der Waals surface area (Å²) < 4.78 is 0. The second-order valence-electron chi connectivity index (χ2n) is 7.31. The first-order valence-corrected chi connectivity index (χ1v) is 9.46. The van der Waals surface area contributed by atoms with Crippen molar-refractivity contribution in [2.45, 2.75) is 51.9 Å². The number of amides is 2. The van der Waals surface area contributed by atoms with Gasteiger partial charge in [-0.3, -0.25) is 9.59 Å². The van der Waals surface area contributed by atoms with Gasteiger partial charge in [-0.25, -0.2) is 0 Å². The Morgan fingerprint density at radius 2 is 2.04 bits per heavy atom. The highest BCUT2D eigenvalue weighted by Crippen LogP contribution is 2.26. The minimum Gasteiger partial charge on any atom is -0.339 e. The lowest BCUT2D eigenvalue weighted by atomic mass is 9.91. The van der Waals surface area contributed by atoms with Crippen molar-refractivity contribution in [2.24, 2.45) is 5.92 Å². The largest absolute Gasteiger partial charge is 0.339 e. The number of likely N-dealkylation sites (tertiary alicyclic amines) is 1. The predicted molar refractivity (Wildman–Crippen MR) is 100 cm³/mol. The lowest BCUT2D eigenvalue weighted by Gasteiger charge is -2.32. The van der Waals surface area contributed by atoms with Crippen LogP contribution in [0.1, 0.15) is 50.5 Å². The number of anilines is 1. The smallest absolute Gasteiger partial charge is 0.249 e. The standard InChI is InChI=1S/C21H28N2O2/c1-16-5-4-8-19(15-16)22-20(24)10-9-17-11-13-23(14-12-17)21(25)18-6-2-3-7-18/h4-6,8,15,17H,2-3,7,9-14H2,1H3,(H,22,24). The van der Waals surface area contributed by atoms with Gasteiger partial charge in [-0.2, -0.15) is 0 Å². The molecule has 0 radical (unpaired) electrons. The van der Waals surface area contributed by atoms with Crippen LogP contribution in [0.25, 0.3) is 0 Å². The topological polar surface area (TPSA) is 49.4 Å². The van der Waals surface area contributed by atoms with E-state index in [0.717, 1.165) is 68.4 Å². The zero-order valence-corrected chi connectivity index (χ0v) is 15.1. The molecule has 0 unspecified atom stereocenters. The lowest BCUT2D eigenvalue weighted by molar-refractivity contribution is -0.128. The van der Waals surface area contributed by atoms with E-state index in [-0.39, 0.29) is 11.8 Å². The Balaban J connectivity index is 1.39. The summed E-state index contributed by atoms with van der Waals surface area (Å²) in [4.78, 5) is 26.5. The Kier molecular flexibility index (Phi) is 5.90. The molecule has 1 fully saturated rings. The van der Waals surface area contributed by atoms with E-state index >= 15 is 0 Å². The summed E-state index contributed by atoms with van der Waals surface area (Å²) in [5.41, 5.74) is 3.03. The third kappa shape index (κ3) is 4.94. The van der Waals surface area contributed by atoms with Gasteiger partial charge >= 0.3 is 0 Å². The van der Waals surface area contributed by atoms with Gasteiger partial charge in [0, 0.05) is 30.8 Å². The molecule has 134 valence electrons. The molecule has 25 heavy (non-hydrogen) atoms. The molecule has 0 bridgehead atoms. The number of nitrogens with one attached hydrogen (secondary N) is 1.